The van der Waals surface area contributed by atoms with Gasteiger partial charge in [-0.1, -0.05) is 61.6 Å². The highest BCUT2D eigenvalue weighted by Gasteiger charge is 2.36. The molecule has 0 bridgehead atoms. The van der Waals surface area contributed by atoms with Gasteiger partial charge in [0.25, 0.3) is 0 Å². The van der Waals surface area contributed by atoms with Crippen LogP contribution in [0, 0.1) is 5.41 Å². The number of ketones is 1. The van der Waals surface area contributed by atoms with Crippen molar-refractivity contribution in [2.75, 3.05) is 0 Å². The molecule has 0 saturated heterocycles. The van der Waals surface area contributed by atoms with E-state index in [-0.39, 0.29) is 23.0 Å². The number of fused-ring (bicyclic) bond motifs is 2. The van der Waals surface area contributed by atoms with Crippen LogP contribution in [0.1, 0.15) is 22.8 Å². The fourth-order valence-corrected chi connectivity index (χ4v) is 3.18. The number of hydrogen-bond acceptors (Lipinski definition) is 3. The summed E-state index contributed by atoms with van der Waals surface area (Å²) in [5, 5.41) is 10.4. The standard InChI is InChI=1S/C19H15NO2/c1-19-10-5-4-8-15(19)20-14(9-11-19)16-17(21)12-6-2-3-7-13(12)18(16)22/h2-11,15,21H,1H3/t15-,19-/m1/s1. The molecule has 1 heterocycles. The van der Waals surface area contributed by atoms with Crippen molar-refractivity contribution in [2.24, 2.45) is 10.4 Å². The van der Waals surface area contributed by atoms with E-state index >= 15 is 0 Å². The fourth-order valence-electron chi connectivity index (χ4n) is 3.18. The Morgan fingerprint density at radius 2 is 1.91 bits per heavy atom. The van der Waals surface area contributed by atoms with Gasteiger partial charge in [-0.05, 0) is 6.08 Å². The smallest absolute Gasteiger partial charge is 0.199 e. The molecule has 3 nitrogen and oxygen atoms in total. The molecule has 0 unspecified atom stereocenters. The first-order valence-electron chi connectivity index (χ1n) is 7.31. The van der Waals surface area contributed by atoms with Crippen LogP contribution >= 0.6 is 0 Å². The van der Waals surface area contributed by atoms with Crippen molar-refractivity contribution in [3.05, 3.63) is 77.4 Å². The molecule has 0 spiro atoms. The Morgan fingerprint density at radius 1 is 1.14 bits per heavy atom. The van der Waals surface area contributed by atoms with E-state index in [4.69, 9.17) is 4.99 Å². The molecular weight excluding hydrogens is 274 g/mol. The molecule has 2 atom stereocenters. The molecule has 1 N–H and O–H groups in total. The van der Waals surface area contributed by atoms with Crippen LogP contribution in [-0.2, 0) is 0 Å². The number of aliphatic hydroxyl groups is 1. The second kappa shape index (κ2) is 4.41. The van der Waals surface area contributed by atoms with Crippen LogP contribution in [0.2, 0.25) is 0 Å². The van der Waals surface area contributed by atoms with Gasteiger partial charge in [0, 0.05) is 16.5 Å². The van der Waals surface area contributed by atoms with Gasteiger partial charge in [0.15, 0.2) is 5.78 Å². The summed E-state index contributed by atoms with van der Waals surface area (Å²) in [4.78, 5) is 17.3. The molecular formula is C19H15NO2. The molecule has 4 rings (SSSR count). The zero-order chi connectivity index (χ0) is 15.3. The zero-order valence-electron chi connectivity index (χ0n) is 12.2. The molecule has 108 valence electrons. The second-order valence-electron chi connectivity index (χ2n) is 6.00. The molecule has 22 heavy (non-hydrogen) atoms. The molecule has 3 heteroatoms. The van der Waals surface area contributed by atoms with Crippen LogP contribution in [0.5, 0.6) is 0 Å². The molecule has 2 aliphatic carbocycles. The number of hydrogen-bond donors (Lipinski definition) is 1. The predicted molar refractivity (Wildman–Crippen MR) is 87.1 cm³/mol. The van der Waals surface area contributed by atoms with E-state index in [2.05, 4.69) is 19.1 Å². The summed E-state index contributed by atoms with van der Waals surface area (Å²) < 4.78 is 0. The lowest BCUT2D eigenvalue weighted by molar-refractivity contribution is 0.104. The summed E-state index contributed by atoms with van der Waals surface area (Å²) >= 11 is 0. The minimum absolute atomic E-state index is 0.0305. The maximum absolute atomic E-state index is 12.6. The minimum atomic E-state index is -0.164. The number of aliphatic hydroxyl groups excluding tert-OH is 1. The second-order valence-corrected chi connectivity index (χ2v) is 6.00. The van der Waals surface area contributed by atoms with Crippen molar-refractivity contribution in [3.8, 4) is 0 Å². The lowest BCUT2D eigenvalue weighted by Crippen LogP contribution is -2.31. The maximum Gasteiger partial charge on any atom is 0.199 e. The van der Waals surface area contributed by atoms with Gasteiger partial charge < -0.3 is 5.11 Å². The first-order chi connectivity index (χ1) is 10.6. The Bertz CT molecular complexity index is 839. The monoisotopic (exact) mass is 289 g/mol. The zero-order valence-corrected chi connectivity index (χ0v) is 12.2. The summed E-state index contributed by atoms with van der Waals surface area (Å²) in [6.45, 7) is 2.11. The largest absolute Gasteiger partial charge is 0.506 e. The van der Waals surface area contributed by atoms with Crippen LogP contribution < -0.4 is 0 Å². The minimum Gasteiger partial charge on any atom is -0.506 e. The summed E-state index contributed by atoms with van der Waals surface area (Å²) in [5.41, 5.74) is 1.83. The molecule has 0 fully saturated rings. The number of benzene rings is 1. The molecule has 0 radical (unpaired) electrons. The van der Waals surface area contributed by atoms with E-state index in [1.54, 1.807) is 18.2 Å². The Kier molecular flexibility index (Phi) is 2.61. The quantitative estimate of drug-likeness (QED) is 0.857. The highest BCUT2D eigenvalue weighted by molar-refractivity contribution is 6.38. The highest BCUT2D eigenvalue weighted by Crippen LogP contribution is 2.38. The van der Waals surface area contributed by atoms with Crippen molar-refractivity contribution in [3.63, 3.8) is 0 Å². The number of carbonyl (C=O) groups is 1. The predicted octanol–water partition coefficient (Wildman–Crippen LogP) is 3.66. The van der Waals surface area contributed by atoms with E-state index in [0.29, 0.717) is 22.4 Å². The van der Waals surface area contributed by atoms with Gasteiger partial charge in [-0.3, -0.25) is 9.79 Å². The van der Waals surface area contributed by atoms with E-state index in [1.165, 1.54) is 0 Å². The summed E-state index contributed by atoms with van der Waals surface area (Å²) in [6, 6.07) is 7.07. The molecule has 3 aliphatic rings. The van der Waals surface area contributed by atoms with E-state index in [0.717, 1.165) is 0 Å². The van der Waals surface area contributed by atoms with Crippen molar-refractivity contribution in [2.45, 2.75) is 13.0 Å². The lowest BCUT2D eigenvalue weighted by atomic mass is 9.77. The molecule has 0 amide bonds. The van der Waals surface area contributed by atoms with E-state index < -0.39 is 0 Å². The number of Topliss-reactive ketones (excluding diaryl/α,β-unsaturated/α-hetero) is 1. The Balaban J connectivity index is 1.80. The van der Waals surface area contributed by atoms with Crippen LogP contribution in [-0.4, -0.2) is 22.6 Å². The average Bonchev–Trinajstić information content (AvgIpc) is 2.79. The van der Waals surface area contributed by atoms with Crippen molar-refractivity contribution in [1.82, 2.24) is 0 Å². The summed E-state index contributed by atoms with van der Waals surface area (Å²) in [5.74, 6) is -0.127. The van der Waals surface area contributed by atoms with Gasteiger partial charge >= 0.3 is 0 Å². The molecule has 1 aromatic carbocycles. The van der Waals surface area contributed by atoms with E-state index in [9.17, 15) is 9.90 Å². The average molecular weight is 289 g/mol. The van der Waals surface area contributed by atoms with Crippen LogP contribution in [0.4, 0.5) is 0 Å². The summed E-state index contributed by atoms with van der Waals surface area (Å²) in [6.07, 6.45) is 12.0. The Labute approximate surface area is 128 Å². The van der Waals surface area contributed by atoms with Gasteiger partial charge in [-0.15, -0.1) is 0 Å². The first-order valence-corrected chi connectivity index (χ1v) is 7.31. The number of dihydropyridines is 1. The Morgan fingerprint density at radius 3 is 2.68 bits per heavy atom. The first kappa shape index (κ1) is 13.0. The highest BCUT2D eigenvalue weighted by atomic mass is 16.3. The molecule has 1 aliphatic heterocycles. The van der Waals surface area contributed by atoms with Gasteiger partial charge in [0.05, 0.1) is 17.3 Å². The SMILES string of the molecule is C[C@]12C=CC=C[C@H]1N=C(C1=C(O)c3ccccc3C1=O)C=C2. The van der Waals surface area contributed by atoms with Crippen molar-refractivity contribution < 1.29 is 9.90 Å². The summed E-state index contributed by atoms with van der Waals surface area (Å²) in [7, 11) is 0. The maximum atomic E-state index is 12.6. The third-order valence-corrected chi connectivity index (χ3v) is 4.52. The van der Waals surface area contributed by atoms with Gasteiger partial charge in [0.1, 0.15) is 5.76 Å². The lowest BCUT2D eigenvalue weighted by Gasteiger charge is -2.33. The van der Waals surface area contributed by atoms with Gasteiger partial charge in [0.2, 0.25) is 0 Å². The van der Waals surface area contributed by atoms with Crippen molar-refractivity contribution >= 4 is 17.3 Å². The normalized spacial score (nSPS) is 28.7. The van der Waals surface area contributed by atoms with Crippen LogP contribution in [0.15, 0.2) is 71.3 Å². The molecule has 1 aromatic rings. The van der Waals surface area contributed by atoms with Crippen molar-refractivity contribution in [1.29, 1.82) is 0 Å². The molecule has 0 saturated carbocycles. The topological polar surface area (TPSA) is 49.7 Å². The van der Waals surface area contributed by atoms with E-state index in [1.807, 2.05) is 30.4 Å². The number of nitrogens with zero attached hydrogens (tertiary/aromatic N) is 1. The van der Waals surface area contributed by atoms with Gasteiger partial charge in [-0.2, -0.15) is 0 Å². The van der Waals surface area contributed by atoms with Crippen LogP contribution in [0.25, 0.3) is 5.76 Å². The molecule has 0 aromatic heterocycles. The Hall–Kier alpha value is -2.68. The third kappa shape index (κ3) is 1.69. The van der Waals surface area contributed by atoms with Gasteiger partial charge in [-0.25, -0.2) is 0 Å². The van der Waals surface area contributed by atoms with Crippen LogP contribution in [0.3, 0.4) is 0 Å². The third-order valence-electron chi connectivity index (χ3n) is 4.52. The fraction of sp³-hybridized carbons (Fsp3) is 0.158. The number of rotatable bonds is 1. The number of aliphatic imine (C=N–C) groups is 1. The number of allylic oxidation sites excluding steroid dienone is 4. The number of carbonyl (C=O) groups excluding carboxylic acids is 1.